The van der Waals surface area contributed by atoms with E-state index in [4.69, 9.17) is 15.2 Å². The summed E-state index contributed by atoms with van der Waals surface area (Å²) in [5.74, 6) is 0.504. The van der Waals surface area contributed by atoms with Gasteiger partial charge >= 0.3 is 0 Å². The molecule has 5 nitrogen and oxygen atoms in total. The molecule has 1 aliphatic rings. The van der Waals surface area contributed by atoms with E-state index in [-0.39, 0.29) is 11.0 Å². The molecule has 1 rings (SSSR count). The van der Waals surface area contributed by atoms with Gasteiger partial charge in [-0.3, -0.25) is 4.99 Å². The van der Waals surface area contributed by atoms with Crippen molar-refractivity contribution in [2.75, 3.05) is 33.5 Å². The smallest absolute Gasteiger partial charge is 0.189 e. The molecule has 0 saturated carbocycles. The molecule has 1 heterocycles. The number of hydrogen-bond donors (Lipinski definition) is 2. The lowest BCUT2D eigenvalue weighted by Crippen LogP contribution is -2.46. The van der Waals surface area contributed by atoms with Crippen LogP contribution in [0.15, 0.2) is 4.99 Å². The molecule has 18 heavy (non-hydrogen) atoms. The number of ether oxygens (including phenoxy) is 2. The molecule has 0 aliphatic carbocycles. The van der Waals surface area contributed by atoms with Crippen LogP contribution in [0.1, 0.15) is 33.6 Å². The maximum Gasteiger partial charge on any atom is 0.189 e. The van der Waals surface area contributed by atoms with Gasteiger partial charge < -0.3 is 20.5 Å². The van der Waals surface area contributed by atoms with E-state index in [0.717, 1.165) is 26.1 Å². The largest absolute Gasteiger partial charge is 0.384 e. The van der Waals surface area contributed by atoms with Crippen molar-refractivity contribution in [3.05, 3.63) is 0 Å². The molecular formula is C13H27N3O2. The lowest BCUT2D eigenvalue weighted by atomic mass is 9.81. The molecule has 1 saturated heterocycles. The number of nitrogens with zero attached hydrogens (tertiary/aromatic N) is 1. The Balaban J connectivity index is 2.58. The number of guanidine groups is 1. The predicted octanol–water partition coefficient (Wildman–Crippen LogP) is 1.13. The highest BCUT2D eigenvalue weighted by molar-refractivity contribution is 5.78. The van der Waals surface area contributed by atoms with Crippen LogP contribution in [0.2, 0.25) is 0 Å². The van der Waals surface area contributed by atoms with Gasteiger partial charge in [-0.15, -0.1) is 0 Å². The van der Waals surface area contributed by atoms with Gasteiger partial charge in [0.15, 0.2) is 5.96 Å². The van der Waals surface area contributed by atoms with Crippen molar-refractivity contribution in [2.24, 2.45) is 16.1 Å². The van der Waals surface area contributed by atoms with Gasteiger partial charge in [0.25, 0.3) is 0 Å². The summed E-state index contributed by atoms with van der Waals surface area (Å²) in [5, 5.41) is 3.17. The number of methoxy groups -OCH3 is 1. The van der Waals surface area contributed by atoms with Gasteiger partial charge in [0.05, 0.1) is 13.2 Å². The van der Waals surface area contributed by atoms with Gasteiger partial charge in [0.1, 0.15) is 0 Å². The van der Waals surface area contributed by atoms with Gasteiger partial charge in [-0.05, 0) is 33.6 Å². The van der Waals surface area contributed by atoms with Crippen molar-refractivity contribution in [2.45, 2.75) is 39.2 Å². The molecular weight excluding hydrogens is 230 g/mol. The van der Waals surface area contributed by atoms with Crippen LogP contribution in [0.25, 0.3) is 0 Å². The Morgan fingerprint density at radius 1 is 1.39 bits per heavy atom. The molecule has 0 spiro atoms. The highest BCUT2D eigenvalue weighted by Gasteiger charge is 2.32. The number of nitrogens with one attached hydrogen (secondary N) is 1. The maximum absolute atomic E-state index is 5.90. The average molecular weight is 257 g/mol. The van der Waals surface area contributed by atoms with E-state index in [1.165, 1.54) is 0 Å². The Bertz CT molecular complexity index is 273. The Kier molecular flexibility index (Phi) is 5.41. The van der Waals surface area contributed by atoms with Crippen LogP contribution >= 0.6 is 0 Å². The van der Waals surface area contributed by atoms with Gasteiger partial charge in [0.2, 0.25) is 0 Å². The van der Waals surface area contributed by atoms with Crippen LogP contribution in [0.4, 0.5) is 0 Å². The van der Waals surface area contributed by atoms with Crippen LogP contribution < -0.4 is 11.1 Å². The zero-order valence-electron chi connectivity index (χ0n) is 12.1. The quantitative estimate of drug-likeness (QED) is 0.585. The third kappa shape index (κ3) is 5.23. The van der Waals surface area contributed by atoms with E-state index < -0.39 is 0 Å². The fourth-order valence-corrected chi connectivity index (χ4v) is 2.14. The summed E-state index contributed by atoms with van der Waals surface area (Å²) in [7, 11) is 1.73. The Morgan fingerprint density at radius 2 is 2.00 bits per heavy atom. The third-order valence-electron chi connectivity index (χ3n) is 3.09. The third-order valence-corrected chi connectivity index (χ3v) is 3.09. The molecule has 106 valence electrons. The van der Waals surface area contributed by atoms with E-state index in [2.05, 4.69) is 31.1 Å². The topological polar surface area (TPSA) is 68.9 Å². The van der Waals surface area contributed by atoms with Gasteiger partial charge in [0, 0.05) is 31.3 Å². The standard InChI is InChI=1S/C13H27N3O2/c1-12(2,3)16-11(14)15-9-13(10-17-4)5-7-18-8-6-13/h5-10H2,1-4H3,(H3,14,15,16). The summed E-state index contributed by atoms with van der Waals surface area (Å²) in [5.41, 5.74) is 5.92. The number of aliphatic imine (C=N–C) groups is 1. The molecule has 0 aromatic carbocycles. The first-order chi connectivity index (χ1) is 8.37. The zero-order valence-corrected chi connectivity index (χ0v) is 12.1. The van der Waals surface area contributed by atoms with Crippen molar-refractivity contribution in [3.63, 3.8) is 0 Å². The van der Waals surface area contributed by atoms with Crippen molar-refractivity contribution in [3.8, 4) is 0 Å². The predicted molar refractivity (Wildman–Crippen MR) is 73.7 cm³/mol. The second-order valence-corrected chi connectivity index (χ2v) is 6.12. The SMILES string of the molecule is COCC1(CN=C(N)NC(C)(C)C)CCOCC1. The van der Waals surface area contributed by atoms with Crippen LogP contribution in [-0.2, 0) is 9.47 Å². The van der Waals surface area contributed by atoms with Crippen LogP contribution in [-0.4, -0.2) is 45.0 Å². The van der Waals surface area contributed by atoms with E-state index in [9.17, 15) is 0 Å². The Labute approximate surface area is 110 Å². The fraction of sp³-hybridized carbons (Fsp3) is 0.923. The second kappa shape index (κ2) is 6.38. The highest BCUT2D eigenvalue weighted by Crippen LogP contribution is 2.31. The maximum atomic E-state index is 5.90. The summed E-state index contributed by atoms with van der Waals surface area (Å²) in [6, 6.07) is 0. The van der Waals surface area contributed by atoms with Crippen molar-refractivity contribution in [1.29, 1.82) is 0 Å². The minimum atomic E-state index is -0.0579. The molecule has 0 radical (unpaired) electrons. The average Bonchev–Trinajstić information content (AvgIpc) is 2.26. The van der Waals surface area contributed by atoms with Crippen molar-refractivity contribution in [1.82, 2.24) is 5.32 Å². The summed E-state index contributed by atoms with van der Waals surface area (Å²) in [4.78, 5) is 4.47. The summed E-state index contributed by atoms with van der Waals surface area (Å²) in [6.07, 6.45) is 1.96. The van der Waals surface area contributed by atoms with E-state index >= 15 is 0 Å². The van der Waals surface area contributed by atoms with Crippen molar-refractivity contribution < 1.29 is 9.47 Å². The molecule has 3 N–H and O–H groups in total. The molecule has 0 aromatic heterocycles. The Morgan fingerprint density at radius 3 is 2.50 bits per heavy atom. The molecule has 0 bridgehead atoms. The minimum Gasteiger partial charge on any atom is -0.384 e. The van der Waals surface area contributed by atoms with Crippen LogP contribution in [0.5, 0.6) is 0 Å². The number of hydrogen-bond acceptors (Lipinski definition) is 3. The number of rotatable bonds is 4. The molecule has 1 aliphatic heterocycles. The summed E-state index contributed by atoms with van der Waals surface area (Å²) >= 11 is 0. The molecule has 0 atom stereocenters. The van der Waals surface area contributed by atoms with Gasteiger partial charge in [-0.1, -0.05) is 0 Å². The van der Waals surface area contributed by atoms with E-state index in [1.807, 2.05) is 0 Å². The Hall–Kier alpha value is -0.810. The summed E-state index contributed by atoms with van der Waals surface area (Å²) in [6.45, 7) is 9.16. The van der Waals surface area contributed by atoms with Crippen LogP contribution in [0, 0.1) is 5.41 Å². The first-order valence-electron chi connectivity index (χ1n) is 6.52. The van der Waals surface area contributed by atoms with Crippen LogP contribution in [0.3, 0.4) is 0 Å². The fourth-order valence-electron chi connectivity index (χ4n) is 2.14. The van der Waals surface area contributed by atoms with E-state index in [1.54, 1.807) is 7.11 Å². The van der Waals surface area contributed by atoms with Crippen molar-refractivity contribution >= 4 is 5.96 Å². The normalized spacial score (nSPS) is 20.8. The second-order valence-electron chi connectivity index (χ2n) is 6.12. The first-order valence-corrected chi connectivity index (χ1v) is 6.52. The molecule has 5 heteroatoms. The lowest BCUT2D eigenvalue weighted by molar-refractivity contribution is -0.0223. The molecule has 0 amide bonds. The lowest BCUT2D eigenvalue weighted by Gasteiger charge is -2.35. The van der Waals surface area contributed by atoms with E-state index in [0.29, 0.717) is 19.1 Å². The van der Waals surface area contributed by atoms with Gasteiger partial charge in [-0.2, -0.15) is 0 Å². The summed E-state index contributed by atoms with van der Waals surface area (Å²) < 4.78 is 10.7. The molecule has 1 fully saturated rings. The van der Waals surface area contributed by atoms with Gasteiger partial charge in [-0.25, -0.2) is 0 Å². The molecule has 0 unspecified atom stereocenters. The number of nitrogens with two attached hydrogens (primary N) is 1. The first kappa shape index (κ1) is 15.2. The molecule has 0 aromatic rings. The highest BCUT2D eigenvalue weighted by atomic mass is 16.5. The minimum absolute atomic E-state index is 0.0579. The zero-order chi connectivity index (χ0) is 13.6. The monoisotopic (exact) mass is 257 g/mol.